The molecule has 1 fully saturated rings. The lowest BCUT2D eigenvalue weighted by molar-refractivity contribution is 0.128. The molecular formula is C29H32ClN5O3. The smallest absolute Gasteiger partial charge is 0.332 e. The second-order valence-electron chi connectivity index (χ2n) is 10.7. The standard InChI is InChI=1S/C29H32ClN5O3/c1-29(2,3)34-13-11-33(12-14-34)21-7-5-6-20(16-21)26-27(37)22(18-25(36)31-26)19-8-9-24(23(30)17-19)35-15-10-32(4)28(35)38/h5-10,15-18,37H,11-14H2,1-4H3,(H,31,36). The highest BCUT2D eigenvalue weighted by Crippen LogP contribution is 2.38. The fourth-order valence-electron chi connectivity index (χ4n) is 4.99. The highest BCUT2D eigenvalue weighted by Gasteiger charge is 2.26. The zero-order valence-corrected chi connectivity index (χ0v) is 22.8. The molecule has 1 saturated heterocycles. The number of pyridine rings is 1. The van der Waals surface area contributed by atoms with E-state index in [0.29, 0.717) is 27.5 Å². The number of nitrogens with one attached hydrogen (secondary N) is 1. The van der Waals surface area contributed by atoms with E-state index in [1.54, 1.807) is 37.6 Å². The Labute approximate surface area is 226 Å². The molecule has 2 aromatic carbocycles. The third-order valence-electron chi connectivity index (χ3n) is 7.21. The number of anilines is 1. The quantitative estimate of drug-likeness (QED) is 0.404. The number of piperazine rings is 1. The van der Waals surface area contributed by atoms with E-state index >= 15 is 0 Å². The largest absolute Gasteiger partial charge is 0.505 e. The van der Waals surface area contributed by atoms with Crippen molar-refractivity contribution in [1.29, 1.82) is 0 Å². The van der Waals surface area contributed by atoms with Gasteiger partial charge in [0.05, 0.1) is 16.4 Å². The molecule has 1 aliphatic rings. The Hall–Kier alpha value is -3.75. The summed E-state index contributed by atoms with van der Waals surface area (Å²) in [6, 6.07) is 14.3. The van der Waals surface area contributed by atoms with Crippen molar-refractivity contribution in [2.24, 2.45) is 7.05 Å². The zero-order valence-electron chi connectivity index (χ0n) is 22.0. The van der Waals surface area contributed by atoms with Gasteiger partial charge in [-0.05, 0) is 50.6 Å². The van der Waals surface area contributed by atoms with Crippen LogP contribution in [0.5, 0.6) is 5.75 Å². The van der Waals surface area contributed by atoms with Gasteiger partial charge in [0.15, 0.2) is 0 Å². The molecule has 9 heteroatoms. The summed E-state index contributed by atoms with van der Waals surface area (Å²) in [5, 5.41) is 11.6. The Morgan fingerprint density at radius 2 is 1.66 bits per heavy atom. The number of imidazole rings is 1. The molecule has 198 valence electrons. The number of hydrogen-bond donors (Lipinski definition) is 2. The van der Waals surface area contributed by atoms with Gasteiger partial charge in [0.1, 0.15) is 5.75 Å². The van der Waals surface area contributed by atoms with Crippen LogP contribution in [0.15, 0.2) is 70.5 Å². The van der Waals surface area contributed by atoms with Crippen molar-refractivity contribution < 1.29 is 5.11 Å². The summed E-state index contributed by atoms with van der Waals surface area (Å²) >= 11 is 6.54. The second kappa shape index (κ2) is 9.85. The second-order valence-corrected chi connectivity index (χ2v) is 11.1. The molecule has 3 heterocycles. The fourth-order valence-corrected chi connectivity index (χ4v) is 5.26. The number of halogens is 1. The molecule has 2 N–H and O–H groups in total. The average Bonchev–Trinajstić information content (AvgIpc) is 3.22. The number of hydrogen-bond acceptors (Lipinski definition) is 5. The minimum absolute atomic E-state index is 0.0417. The molecule has 0 amide bonds. The van der Waals surface area contributed by atoms with Crippen molar-refractivity contribution in [2.75, 3.05) is 31.1 Å². The first-order valence-electron chi connectivity index (χ1n) is 12.6. The number of benzene rings is 2. The Kier molecular flexibility index (Phi) is 6.71. The minimum Gasteiger partial charge on any atom is -0.505 e. The van der Waals surface area contributed by atoms with Gasteiger partial charge in [-0.3, -0.25) is 14.3 Å². The highest BCUT2D eigenvalue weighted by atomic mass is 35.5. The Morgan fingerprint density at radius 3 is 2.29 bits per heavy atom. The fraction of sp³-hybridized carbons (Fsp3) is 0.310. The molecule has 4 aromatic rings. The Balaban J connectivity index is 1.48. The molecule has 0 atom stereocenters. The van der Waals surface area contributed by atoms with Gasteiger partial charge < -0.3 is 19.6 Å². The topological polar surface area (TPSA) is 86.5 Å². The van der Waals surface area contributed by atoms with Crippen molar-refractivity contribution in [2.45, 2.75) is 26.3 Å². The van der Waals surface area contributed by atoms with E-state index in [4.69, 9.17) is 11.6 Å². The van der Waals surface area contributed by atoms with Crippen LogP contribution in [0.4, 0.5) is 5.69 Å². The van der Waals surface area contributed by atoms with E-state index < -0.39 is 0 Å². The van der Waals surface area contributed by atoms with E-state index in [1.165, 1.54) is 15.2 Å². The highest BCUT2D eigenvalue weighted by molar-refractivity contribution is 6.32. The maximum absolute atomic E-state index is 12.7. The van der Waals surface area contributed by atoms with E-state index in [2.05, 4.69) is 41.6 Å². The van der Waals surface area contributed by atoms with Gasteiger partial charge in [0.2, 0.25) is 5.56 Å². The third-order valence-corrected chi connectivity index (χ3v) is 7.51. The molecule has 0 unspecified atom stereocenters. The average molecular weight is 534 g/mol. The van der Waals surface area contributed by atoms with E-state index in [9.17, 15) is 14.7 Å². The van der Waals surface area contributed by atoms with Crippen LogP contribution in [0.3, 0.4) is 0 Å². The van der Waals surface area contributed by atoms with Gasteiger partial charge >= 0.3 is 5.69 Å². The lowest BCUT2D eigenvalue weighted by Crippen LogP contribution is -2.53. The van der Waals surface area contributed by atoms with E-state index in [1.807, 2.05) is 18.2 Å². The van der Waals surface area contributed by atoms with Crippen molar-refractivity contribution >= 4 is 17.3 Å². The summed E-state index contributed by atoms with van der Waals surface area (Å²) in [5.74, 6) is -0.0417. The van der Waals surface area contributed by atoms with Gasteiger partial charge in [0, 0.05) is 74.0 Å². The molecular weight excluding hydrogens is 502 g/mol. The molecule has 1 aliphatic heterocycles. The maximum atomic E-state index is 12.7. The number of aromatic nitrogens is 3. The lowest BCUT2D eigenvalue weighted by Gasteiger charge is -2.43. The van der Waals surface area contributed by atoms with Crippen LogP contribution < -0.4 is 16.1 Å². The normalized spacial score (nSPS) is 14.7. The summed E-state index contributed by atoms with van der Waals surface area (Å²) < 4.78 is 2.90. The van der Waals surface area contributed by atoms with Crippen LogP contribution in [0.2, 0.25) is 5.02 Å². The number of aryl methyl sites for hydroxylation is 1. The molecule has 5 rings (SSSR count). The number of rotatable bonds is 4. The predicted molar refractivity (Wildman–Crippen MR) is 153 cm³/mol. The van der Waals surface area contributed by atoms with Gasteiger partial charge in [-0.15, -0.1) is 0 Å². The summed E-state index contributed by atoms with van der Waals surface area (Å²) in [4.78, 5) is 32.7. The monoisotopic (exact) mass is 533 g/mol. The summed E-state index contributed by atoms with van der Waals surface area (Å²) in [7, 11) is 1.66. The van der Waals surface area contributed by atoms with E-state index in [0.717, 1.165) is 37.4 Å². The number of nitrogens with zero attached hydrogens (tertiary/aromatic N) is 4. The van der Waals surface area contributed by atoms with Gasteiger partial charge in [-0.25, -0.2) is 4.79 Å². The van der Waals surface area contributed by atoms with Crippen LogP contribution in [0.25, 0.3) is 28.1 Å². The predicted octanol–water partition coefficient (Wildman–Crippen LogP) is 4.48. The molecule has 2 aromatic heterocycles. The lowest BCUT2D eigenvalue weighted by atomic mass is 10.0. The van der Waals surface area contributed by atoms with Crippen LogP contribution in [-0.2, 0) is 7.05 Å². The van der Waals surface area contributed by atoms with Crippen molar-refractivity contribution in [3.05, 3.63) is 86.8 Å². The molecule has 0 bridgehead atoms. The zero-order chi connectivity index (χ0) is 27.2. The Morgan fingerprint density at radius 1 is 0.921 bits per heavy atom. The van der Waals surface area contributed by atoms with Crippen LogP contribution >= 0.6 is 11.6 Å². The Bertz CT molecular complexity index is 1600. The molecule has 0 aliphatic carbocycles. The number of aromatic amines is 1. The summed E-state index contributed by atoms with van der Waals surface area (Å²) in [6.45, 7) is 10.4. The van der Waals surface area contributed by atoms with Gasteiger partial charge in [-0.2, -0.15) is 0 Å². The van der Waals surface area contributed by atoms with Gasteiger partial charge in [0.25, 0.3) is 0 Å². The van der Waals surface area contributed by atoms with Crippen molar-refractivity contribution in [3.8, 4) is 33.8 Å². The van der Waals surface area contributed by atoms with Crippen LogP contribution in [-0.4, -0.2) is 55.8 Å². The third kappa shape index (κ3) is 4.89. The van der Waals surface area contributed by atoms with E-state index in [-0.39, 0.29) is 22.5 Å². The summed E-state index contributed by atoms with van der Waals surface area (Å²) in [5.41, 5.74) is 3.14. The molecule has 0 spiro atoms. The SMILES string of the molecule is Cn1ccn(-c2ccc(-c3cc(=O)[nH]c(-c4cccc(N5CCN(C(C)(C)C)CC5)c4)c3O)cc2Cl)c1=O. The first-order valence-corrected chi connectivity index (χ1v) is 13.0. The first kappa shape index (κ1) is 25.9. The molecule has 8 nitrogen and oxygen atoms in total. The molecule has 38 heavy (non-hydrogen) atoms. The van der Waals surface area contributed by atoms with Crippen LogP contribution in [0, 0.1) is 0 Å². The maximum Gasteiger partial charge on any atom is 0.332 e. The van der Waals surface area contributed by atoms with Crippen LogP contribution in [0.1, 0.15) is 20.8 Å². The number of aromatic hydroxyl groups is 1. The van der Waals surface area contributed by atoms with Crippen molar-refractivity contribution in [1.82, 2.24) is 19.0 Å². The molecule has 0 radical (unpaired) electrons. The first-order chi connectivity index (χ1) is 18.0. The minimum atomic E-state index is -0.337. The molecule has 0 saturated carbocycles. The summed E-state index contributed by atoms with van der Waals surface area (Å²) in [6.07, 6.45) is 3.29. The van der Waals surface area contributed by atoms with Gasteiger partial charge in [-0.1, -0.05) is 29.8 Å². The number of H-pyrrole nitrogens is 1. The van der Waals surface area contributed by atoms with Crippen molar-refractivity contribution in [3.63, 3.8) is 0 Å².